The quantitative estimate of drug-likeness (QED) is 0.667. The first-order valence-electron chi connectivity index (χ1n) is 6.20. The summed E-state index contributed by atoms with van der Waals surface area (Å²) in [7, 11) is 2.84. The minimum Gasteiger partial charge on any atom is -0.469 e. The third-order valence-electron chi connectivity index (χ3n) is 3.63. The van der Waals surface area contributed by atoms with Gasteiger partial charge < -0.3 is 9.47 Å². The van der Waals surface area contributed by atoms with Gasteiger partial charge in [0.15, 0.2) is 0 Å². The maximum Gasteiger partial charge on any atom is 0.309 e. The number of carbonyl (C=O) groups is 2. The molecule has 0 bridgehead atoms. The average molecular weight is 274 g/mol. The molecule has 18 heavy (non-hydrogen) atoms. The van der Waals surface area contributed by atoms with Gasteiger partial charge in [0.05, 0.1) is 26.6 Å². The van der Waals surface area contributed by atoms with Crippen molar-refractivity contribution in [1.29, 1.82) is 0 Å². The van der Waals surface area contributed by atoms with Gasteiger partial charge in [0.2, 0.25) is 0 Å². The van der Waals surface area contributed by atoms with E-state index in [9.17, 15) is 9.59 Å². The van der Waals surface area contributed by atoms with E-state index in [2.05, 4.69) is 0 Å². The average Bonchev–Trinajstić information content (AvgIpc) is 3.14. The Morgan fingerprint density at radius 3 is 2.28 bits per heavy atom. The molecule has 1 saturated carbocycles. The SMILES string of the molecule is COC(=O)CC1(CSC(C)C(C)C(=O)OC)CC1. The van der Waals surface area contributed by atoms with Gasteiger partial charge in [0.25, 0.3) is 0 Å². The van der Waals surface area contributed by atoms with E-state index in [0.717, 1.165) is 18.6 Å². The van der Waals surface area contributed by atoms with Crippen LogP contribution in [0.15, 0.2) is 0 Å². The molecule has 5 heteroatoms. The molecule has 1 aliphatic rings. The fraction of sp³-hybridized carbons (Fsp3) is 0.846. The molecule has 0 aromatic heterocycles. The molecule has 0 heterocycles. The monoisotopic (exact) mass is 274 g/mol. The van der Waals surface area contributed by atoms with E-state index < -0.39 is 0 Å². The molecule has 2 atom stereocenters. The van der Waals surface area contributed by atoms with Crippen LogP contribution in [0.2, 0.25) is 0 Å². The molecule has 0 spiro atoms. The molecule has 1 fully saturated rings. The summed E-state index contributed by atoms with van der Waals surface area (Å²) in [6, 6.07) is 0. The number of hydrogen-bond donors (Lipinski definition) is 0. The third-order valence-corrected chi connectivity index (χ3v) is 5.35. The van der Waals surface area contributed by atoms with Crippen LogP contribution in [0.3, 0.4) is 0 Å². The Morgan fingerprint density at radius 2 is 1.83 bits per heavy atom. The lowest BCUT2D eigenvalue weighted by Crippen LogP contribution is -2.24. The number of hydrogen-bond acceptors (Lipinski definition) is 5. The maximum atomic E-state index is 11.4. The summed E-state index contributed by atoms with van der Waals surface area (Å²) in [5, 5.41) is 0.201. The zero-order valence-corrected chi connectivity index (χ0v) is 12.3. The van der Waals surface area contributed by atoms with Gasteiger partial charge in [-0.1, -0.05) is 13.8 Å². The van der Waals surface area contributed by atoms with Crippen LogP contribution in [0.25, 0.3) is 0 Å². The Labute approximate surface area is 113 Å². The van der Waals surface area contributed by atoms with Crippen LogP contribution in [0.4, 0.5) is 0 Å². The topological polar surface area (TPSA) is 52.6 Å². The first-order chi connectivity index (χ1) is 8.44. The Kier molecular flexibility index (Phi) is 5.50. The number of methoxy groups -OCH3 is 2. The van der Waals surface area contributed by atoms with Crippen molar-refractivity contribution in [2.45, 2.75) is 38.4 Å². The van der Waals surface area contributed by atoms with Crippen molar-refractivity contribution < 1.29 is 19.1 Å². The number of thioether (sulfide) groups is 1. The van der Waals surface area contributed by atoms with Crippen LogP contribution in [0, 0.1) is 11.3 Å². The Morgan fingerprint density at radius 1 is 1.22 bits per heavy atom. The van der Waals surface area contributed by atoms with Crippen molar-refractivity contribution >= 4 is 23.7 Å². The van der Waals surface area contributed by atoms with Gasteiger partial charge >= 0.3 is 11.9 Å². The third kappa shape index (κ3) is 4.19. The summed E-state index contributed by atoms with van der Waals surface area (Å²) >= 11 is 1.74. The standard InChI is InChI=1S/C13H22O4S/c1-9(12(15)17-4)10(2)18-8-13(5-6-13)7-11(14)16-3/h9-10H,5-8H2,1-4H3. The molecule has 0 radical (unpaired) electrons. The van der Waals surface area contributed by atoms with E-state index in [0.29, 0.717) is 6.42 Å². The second-order valence-electron chi connectivity index (χ2n) is 5.08. The molecule has 1 rings (SSSR count). The highest BCUT2D eigenvalue weighted by Gasteiger charge is 2.45. The lowest BCUT2D eigenvalue weighted by atomic mass is 10.1. The fourth-order valence-electron chi connectivity index (χ4n) is 1.76. The second-order valence-corrected chi connectivity index (χ2v) is 6.45. The highest BCUT2D eigenvalue weighted by Crippen LogP contribution is 2.52. The maximum absolute atomic E-state index is 11.4. The fourth-order valence-corrected chi connectivity index (χ4v) is 3.16. The summed E-state index contributed by atoms with van der Waals surface area (Å²) in [6.45, 7) is 3.91. The van der Waals surface area contributed by atoms with Crippen LogP contribution in [-0.4, -0.2) is 37.2 Å². The Balaban J connectivity index is 2.36. The van der Waals surface area contributed by atoms with Gasteiger partial charge in [-0.05, 0) is 24.0 Å². The Hall–Kier alpha value is -0.710. The minimum absolute atomic E-state index is 0.113. The van der Waals surface area contributed by atoms with Gasteiger partial charge in [0, 0.05) is 5.25 Å². The zero-order valence-electron chi connectivity index (χ0n) is 11.5. The second kappa shape index (κ2) is 6.45. The van der Waals surface area contributed by atoms with Gasteiger partial charge in [-0.2, -0.15) is 11.8 Å². The highest BCUT2D eigenvalue weighted by atomic mass is 32.2. The van der Waals surface area contributed by atoms with Crippen molar-refractivity contribution in [3.05, 3.63) is 0 Å². The summed E-state index contributed by atoms with van der Waals surface area (Å²) in [5.41, 5.74) is 0.113. The van der Waals surface area contributed by atoms with Gasteiger partial charge in [-0.3, -0.25) is 9.59 Å². The lowest BCUT2D eigenvalue weighted by molar-refractivity contribution is -0.145. The van der Waals surface area contributed by atoms with E-state index >= 15 is 0 Å². The van der Waals surface area contributed by atoms with Crippen molar-refractivity contribution in [3.63, 3.8) is 0 Å². The molecular formula is C13H22O4S. The molecule has 0 amide bonds. The molecule has 0 aromatic carbocycles. The lowest BCUT2D eigenvalue weighted by Gasteiger charge is -2.20. The predicted molar refractivity (Wildman–Crippen MR) is 71.4 cm³/mol. The van der Waals surface area contributed by atoms with E-state index in [1.807, 2.05) is 13.8 Å². The van der Waals surface area contributed by atoms with Crippen LogP contribution in [0.1, 0.15) is 33.1 Å². The molecular weight excluding hydrogens is 252 g/mol. The van der Waals surface area contributed by atoms with E-state index in [1.54, 1.807) is 11.8 Å². The number of esters is 2. The molecule has 104 valence electrons. The number of ether oxygens (including phenoxy) is 2. The molecule has 0 aromatic rings. The molecule has 0 aliphatic heterocycles. The van der Waals surface area contributed by atoms with Gasteiger partial charge in [0.1, 0.15) is 0 Å². The van der Waals surface area contributed by atoms with Crippen molar-refractivity contribution in [3.8, 4) is 0 Å². The summed E-state index contributed by atoms with van der Waals surface area (Å²) in [6.07, 6.45) is 2.65. The molecule has 0 N–H and O–H groups in total. The van der Waals surface area contributed by atoms with Gasteiger partial charge in [-0.15, -0.1) is 0 Å². The smallest absolute Gasteiger partial charge is 0.309 e. The largest absolute Gasteiger partial charge is 0.469 e. The van der Waals surface area contributed by atoms with Crippen molar-refractivity contribution in [1.82, 2.24) is 0 Å². The van der Waals surface area contributed by atoms with Crippen LogP contribution < -0.4 is 0 Å². The molecule has 2 unspecified atom stereocenters. The summed E-state index contributed by atoms with van der Waals surface area (Å²) < 4.78 is 9.45. The normalized spacial score (nSPS) is 19.8. The van der Waals surface area contributed by atoms with E-state index in [-0.39, 0.29) is 28.5 Å². The van der Waals surface area contributed by atoms with E-state index in [1.165, 1.54) is 14.2 Å². The first-order valence-corrected chi connectivity index (χ1v) is 7.25. The molecule has 4 nitrogen and oxygen atoms in total. The van der Waals surface area contributed by atoms with Crippen molar-refractivity contribution in [2.75, 3.05) is 20.0 Å². The molecule has 1 aliphatic carbocycles. The van der Waals surface area contributed by atoms with Crippen molar-refractivity contribution in [2.24, 2.45) is 11.3 Å². The summed E-state index contributed by atoms with van der Waals surface area (Å²) in [5.74, 6) is 0.480. The first kappa shape index (κ1) is 15.3. The van der Waals surface area contributed by atoms with Crippen LogP contribution in [0.5, 0.6) is 0 Å². The zero-order chi connectivity index (χ0) is 13.8. The van der Waals surface area contributed by atoms with Crippen LogP contribution >= 0.6 is 11.8 Å². The number of rotatable bonds is 7. The predicted octanol–water partition coefficient (Wildman–Crippen LogP) is 2.26. The highest BCUT2D eigenvalue weighted by molar-refractivity contribution is 7.99. The van der Waals surface area contributed by atoms with Gasteiger partial charge in [-0.25, -0.2) is 0 Å². The minimum atomic E-state index is -0.173. The molecule has 0 saturated heterocycles. The van der Waals surface area contributed by atoms with E-state index in [4.69, 9.17) is 9.47 Å². The summed E-state index contributed by atoms with van der Waals surface area (Å²) in [4.78, 5) is 22.7. The van der Waals surface area contributed by atoms with Crippen LogP contribution in [-0.2, 0) is 19.1 Å². The Bertz CT molecular complexity index is 312. The number of carbonyl (C=O) groups excluding carboxylic acids is 2.